The van der Waals surface area contributed by atoms with Gasteiger partial charge in [-0.15, -0.1) is 0 Å². The number of anilines is 2. The Balaban J connectivity index is 2.87. The van der Waals surface area contributed by atoms with Crippen LogP contribution < -0.4 is 15.4 Å². The molecule has 0 aliphatic carbocycles. The quantitative estimate of drug-likeness (QED) is 0.544. The fourth-order valence-electron chi connectivity index (χ4n) is 1.31. The fraction of sp³-hybridized carbons (Fsp3) is 0.700. The molecule has 0 spiro atoms. The highest BCUT2D eigenvalue weighted by Gasteiger charge is 2.12. The third-order valence-electron chi connectivity index (χ3n) is 2.08. The molecule has 4 N–H and O–H groups in total. The number of aliphatic hydroxyl groups is 2. The van der Waals surface area contributed by atoms with Gasteiger partial charge < -0.3 is 25.6 Å². The summed E-state index contributed by atoms with van der Waals surface area (Å²) in [4.78, 5) is 13.5. The van der Waals surface area contributed by atoms with Crippen LogP contribution in [0.3, 0.4) is 0 Å². The molecule has 8 nitrogen and oxygen atoms in total. The molecule has 0 bridgehead atoms. The Bertz CT molecular complexity index is 357. The highest BCUT2D eigenvalue weighted by Crippen LogP contribution is 2.13. The van der Waals surface area contributed by atoms with E-state index in [2.05, 4.69) is 15.0 Å². The molecule has 0 unspecified atom stereocenters. The number of hydrogen-bond donors (Lipinski definition) is 3. The van der Waals surface area contributed by atoms with Crippen LogP contribution in [0.4, 0.5) is 11.9 Å². The standard InChI is InChI=1S/C10H19N5O3/c1-2-7-18-10-13-8(11)12-9(14-10)15(3-5-16)4-6-17/h16-17H,2-7H2,1H3,(H2,11,12,13,14). The number of nitrogens with two attached hydrogens (primary N) is 1. The maximum absolute atomic E-state index is 8.95. The van der Waals surface area contributed by atoms with Crippen molar-refractivity contribution in [1.82, 2.24) is 15.0 Å². The minimum absolute atomic E-state index is 0.0481. The van der Waals surface area contributed by atoms with Crippen molar-refractivity contribution in [3.8, 4) is 6.01 Å². The van der Waals surface area contributed by atoms with Gasteiger partial charge in [-0.1, -0.05) is 6.92 Å². The Labute approximate surface area is 105 Å². The van der Waals surface area contributed by atoms with Crippen LogP contribution in [0.2, 0.25) is 0 Å². The molecule has 1 aromatic heterocycles. The maximum Gasteiger partial charge on any atom is 0.323 e. The number of ether oxygens (including phenoxy) is 1. The molecule has 0 saturated heterocycles. The van der Waals surface area contributed by atoms with Gasteiger partial charge in [0, 0.05) is 13.1 Å². The van der Waals surface area contributed by atoms with Crippen molar-refractivity contribution in [3.63, 3.8) is 0 Å². The van der Waals surface area contributed by atoms with Gasteiger partial charge in [0.25, 0.3) is 0 Å². The SMILES string of the molecule is CCCOc1nc(N)nc(N(CCO)CCO)n1. The Morgan fingerprint density at radius 3 is 2.39 bits per heavy atom. The van der Waals surface area contributed by atoms with Crippen molar-refractivity contribution >= 4 is 11.9 Å². The lowest BCUT2D eigenvalue weighted by Gasteiger charge is -2.20. The van der Waals surface area contributed by atoms with Gasteiger partial charge in [0.05, 0.1) is 19.8 Å². The topological polar surface area (TPSA) is 118 Å². The number of aliphatic hydroxyl groups excluding tert-OH is 2. The number of hydrogen-bond acceptors (Lipinski definition) is 8. The Hall–Kier alpha value is -1.67. The Kier molecular flexibility index (Phi) is 6.09. The summed E-state index contributed by atoms with van der Waals surface area (Å²) in [6, 6.07) is 0.153. The summed E-state index contributed by atoms with van der Waals surface area (Å²) >= 11 is 0. The van der Waals surface area contributed by atoms with E-state index in [1.807, 2.05) is 6.92 Å². The zero-order chi connectivity index (χ0) is 13.4. The zero-order valence-corrected chi connectivity index (χ0v) is 10.4. The fourth-order valence-corrected chi connectivity index (χ4v) is 1.31. The predicted molar refractivity (Wildman–Crippen MR) is 66.4 cm³/mol. The summed E-state index contributed by atoms with van der Waals surface area (Å²) in [6.45, 7) is 2.92. The molecule has 102 valence electrons. The lowest BCUT2D eigenvalue weighted by atomic mass is 10.5. The molecule has 0 aromatic carbocycles. The molecule has 1 rings (SSSR count). The van der Waals surface area contributed by atoms with Gasteiger partial charge in [-0.2, -0.15) is 15.0 Å². The van der Waals surface area contributed by atoms with Gasteiger partial charge in [-0.25, -0.2) is 0 Å². The summed E-state index contributed by atoms with van der Waals surface area (Å²) < 4.78 is 5.29. The molecule has 1 aromatic rings. The minimum Gasteiger partial charge on any atom is -0.463 e. The normalized spacial score (nSPS) is 10.4. The molecule has 0 amide bonds. The third kappa shape index (κ3) is 4.30. The van der Waals surface area contributed by atoms with Crippen molar-refractivity contribution < 1.29 is 14.9 Å². The summed E-state index contributed by atoms with van der Waals surface area (Å²) in [6.07, 6.45) is 0.831. The van der Waals surface area contributed by atoms with Gasteiger partial charge in [0.1, 0.15) is 0 Å². The predicted octanol–water partition coefficient (Wildman–Crippen LogP) is -0.966. The second kappa shape index (κ2) is 7.62. The van der Waals surface area contributed by atoms with E-state index < -0.39 is 0 Å². The number of nitrogen functional groups attached to an aromatic ring is 1. The summed E-state index contributed by atoms with van der Waals surface area (Å²) in [5, 5.41) is 17.9. The molecule has 18 heavy (non-hydrogen) atoms. The van der Waals surface area contributed by atoms with Gasteiger partial charge in [0.2, 0.25) is 11.9 Å². The molecule has 0 aliphatic rings. The van der Waals surface area contributed by atoms with E-state index in [1.54, 1.807) is 4.90 Å². The lowest BCUT2D eigenvalue weighted by molar-refractivity contribution is 0.277. The second-order valence-corrected chi connectivity index (χ2v) is 3.56. The summed E-state index contributed by atoms with van der Waals surface area (Å²) in [7, 11) is 0. The summed E-state index contributed by atoms with van der Waals surface area (Å²) in [5.41, 5.74) is 5.57. The first-order valence-electron chi connectivity index (χ1n) is 5.82. The van der Waals surface area contributed by atoms with E-state index in [4.69, 9.17) is 20.7 Å². The Morgan fingerprint density at radius 1 is 1.17 bits per heavy atom. The van der Waals surface area contributed by atoms with Crippen molar-refractivity contribution in [2.75, 3.05) is 43.5 Å². The van der Waals surface area contributed by atoms with Crippen molar-refractivity contribution in [3.05, 3.63) is 0 Å². The first-order chi connectivity index (χ1) is 8.71. The van der Waals surface area contributed by atoms with Crippen LogP contribution in [-0.4, -0.2) is 58.1 Å². The molecule has 1 heterocycles. The average molecular weight is 257 g/mol. The third-order valence-corrected chi connectivity index (χ3v) is 2.08. The van der Waals surface area contributed by atoms with Crippen molar-refractivity contribution in [2.45, 2.75) is 13.3 Å². The van der Waals surface area contributed by atoms with E-state index in [9.17, 15) is 0 Å². The molecule has 8 heteroatoms. The van der Waals surface area contributed by atoms with Crippen LogP contribution in [0.25, 0.3) is 0 Å². The molecule has 0 fully saturated rings. The van der Waals surface area contributed by atoms with Gasteiger partial charge >= 0.3 is 6.01 Å². The van der Waals surface area contributed by atoms with E-state index in [0.717, 1.165) is 6.42 Å². The van der Waals surface area contributed by atoms with Crippen LogP contribution in [0.5, 0.6) is 6.01 Å². The van der Waals surface area contributed by atoms with E-state index in [0.29, 0.717) is 19.7 Å². The van der Waals surface area contributed by atoms with E-state index in [-0.39, 0.29) is 31.1 Å². The smallest absolute Gasteiger partial charge is 0.323 e. The number of rotatable bonds is 8. The lowest BCUT2D eigenvalue weighted by Crippen LogP contribution is -2.31. The van der Waals surface area contributed by atoms with Crippen LogP contribution >= 0.6 is 0 Å². The zero-order valence-electron chi connectivity index (χ0n) is 10.4. The first-order valence-corrected chi connectivity index (χ1v) is 5.82. The summed E-state index contributed by atoms with van der Waals surface area (Å²) in [5.74, 6) is 0.337. The first kappa shape index (κ1) is 14.4. The van der Waals surface area contributed by atoms with Crippen LogP contribution in [0.1, 0.15) is 13.3 Å². The van der Waals surface area contributed by atoms with Crippen LogP contribution in [0, 0.1) is 0 Å². The van der Waals surface area contributed by atoms with Crippen molar-refractivity contribution in [1.29, 1.82) is 0 Å². The molecular weight excluding hydrogens is 238 g/mol. The highest BCUT2D eigenvalue weighted by atomic mass is 16.5. The van der Waals surface area contributed by atoms with E-state index >= 15 is 0 Å². The minimum atomic E-state index is -0.0727. The van der Waals surface area contributed by atoms with Gasteiger partial charge in [-0.05, 0) is 6.42 Å². The van der Waals surface area contributed by atoms with E-state index in [1.165, 1.54) is 0 Å². The molecule has 0 saturated carbocycles. The number of nitrogens with zero attached hydrogens (tertiary/aromatic N) is 4. The largest absolute Gasteiger partial charge is 0.463 e. The molecule has 0 aliphatic heterocycles. The van der Waals surface area contributed by atoms with Gasteiger partial charge in [-0.3, -0.25) is 0 Å². The van der Waals surface area contributed by atoms with Crippen molar-refractivity contribution in [2.24, 2.45) is 0 Å². The van der Waals surface area contributed by atoms with Gasteiger partial charge in [0.15, 0.2) is 0 Å². The number of aromatic nitrogens is 3. The average Bonchev–Trinajstić information content (AvgIpc) is 2.35. The second-order valence-electron chi connectivity index (χ2n) is 3.56. The molecule has 0 atom stereocenters. The van der Waals surface area contributed by atoms with Crippen LogP contribution in [0.15, 0.2) is 0 Å². The maximum atomic E-state index is 8.95. The monoisotopic (exact) mass is 257 g/mol. The molecular formula is C10H19N5O3. The van der Waals surface area contributed by atoms with Crippen LogP contribution in [-0.2, 0) is 0 Å². The molecule has 0 radical (unpaired) electrons. The Morgan fingerprint density at radius 2 is 1.83 bits per heavy atom. The highest BCUT2D eigenvalue weighted by molar-refractivity contribution is 5.35.